The zero-order valence-corrected chi connectivity index (χ0v) is 11.0. The number of nitrogens with one attached hydrogen (secondary N) is 1. The van der Waals surface area contributed by atoms with E-state index in [0.717, 1.165) is 0 Å². The molecule has 112 valence electrons. The van der Waals surface area contributed by atoms with Gasteiger partial charge in [-0.2, -0.15) is 8.42 Å². The Bertz CT molecular complexity index is 410. The summed E-state index contributed by atoms with van der Waals surface area (Å²) in [5, 5.41) is 12.3. The maximum Gasteiger partial charge on any atom is 0.397 e. The van der Waals surface area contributed by atoms with Crippen molar-refractivity contribution in [3.8, 4) is 0 Å². The van der Waals surface area contributed by atoms with Crippen molar-refractivity contribution in [3.63, 3.8) is 0 Å². The van der Waals surface area contributed by atoms with Crippen LogP contribution in [0.25, 0.3) is 0 Å². The van der Waals surface area contributed by atoms with Crippen LogP contribution in [-0.2, 0) is 24.1 Å². The van der Waals surface area contributed by atoms with Crippen LogP contribution in [0, 0.1) is 7.11 Å². The van der Waals surface area contributed by atoms with E-state index in [2.05, 4.69) is 21.3 Å². The molecule has 1 heterocycles. The Morgan fingerprint density at radius 3 is 2.74 bits per heavy atom. The summed E-state index contributed by atoms with van der Waals surface area (Å²) in [5.41, 5.74) is 0. The minimum atomic E-state index is -4.58. The van der Waals surface area contributed by atoms with Crippen LogP contribution in [0.2, 0.25) is 0 Å². The van der Waals surface area contributed by atoms with Crippen LogP contribution in [0.1, 0.15) is 13.3 Å². The van der Waals surface area contributed by atoms with Crippen LogP contribution in [0.15, 0.2) is 0 Å². The summed E-state index contributed by atoms with van der Waals surface area (Å²) in [6, 6.07) is -0.767. The third-order valence-electron chi connectivity index (χ3n) is 2.51. The van der Waals surface area contributed by atoms with Gasteiger partial charge in [0.1, 0.15) is 0 Å². The largest absolute Gasteiger partial charge is 0.556 e. The van der Waals surface area contributed by atoms with Crippen LogP contribution in [0.3, 0.4) is 0 Å². The topological polar surface area (TPSA) is 135 Å². The highest BCUT2D eigenvalue weighted by Crippen LogP contribution is 2.21. The van der Waals surface area contributed by atoms with Crippen molar-refractivity contribution < 1.29 is 36.5 Å². The predicted octanol–water partition coefficient (Wildman–Crippen LogP) is -1.89. The number of hydrogen-bond acceptors (Lipinski definition) is 6. The fourth-order valence-electron chi connectivity index (χ4n) is 1.77. The lowest BCUT2D eigenvalue weighted by molar-refractivity contribution is -0.272. The lowest BCUT2D eigenvalue weighted by Crippen LogP contribution is -2.58. The molecule has 4 N–H and O–H groups in total. The van der Waals surface area contributed by atoms with Crippen LogP contribution >= 0.6 is 0 Å². The van der Waals surface area contributed by atoms with Crippen molar-refractivity contribution in [1.82, 2.24) is 5.32 Å². The first kappa shape index (κ1) is 16.3. The molecule has 9 nitrogen and oxygen atoms in total. The molecule has 0 saturated carbocycles. The van der Waals surface area contributed by atoms with E-state index >= 15 is 0 Å². The van der Waals surface area contributed by atoms with E-state index in [0.29, 0.717) is 0 Å². The molecule has 1 rings (SSSR count). The van der Waals surface area contributed by atoms with Crippen molar-refractivity contribution in [3.05, 3.63) is 7.11 Å². The van der Waals surface area contributed by atoms with Gasteiger partial charge in [-0.05, 0) is 0 Å². The van der Waals surface area contributed by atoms with Crippen molar-refractivity contribution in [2.75, 3.05) is 6.61 Å². The number of carbonyl (C=O) groups is 1. The molecule has 0 aromatic carbocycles. The molecule has 0 bridgehead atoms. The maximum atomic E-state index is 11.0. The van der Waals surface area contributed by atoms with Crippen LogP contribution < -0.4 is 5.32 Å². The standard InChI is InChI=1S/C9H17NO8S/c1-5(11)10-8-7(12)3-6(18-9(8)16-2)4-17-19(13,14)15/h6-9,12,16H,2-4H2,1H3,(H,10,11)(H,13,14,15). The molecular formula is C9H17NO8S. The summed E-state index contributed by atoms with van der Waals surface area (Å²) in [6.45, 7) is 0.815. The van der Waals surface area contributed by atoms with E-state index in [9.17, 15) is 18.3 Å². The van der Waals surface area contributed by atoms with Gasteiger partial charge in [0.05, 0.1) is 18.8 Å². The Labute approximate surface area is 110 Å². The molecule has 0 aliphatic carbocycles. The molecule has 0 radical (unpaired) electrons. The minimum Gasteiger partial charge on any atom is -0.556 e. The number of rotatable bonds is 5. The van der Waals surface area contributed by atoms with Gasteiger partial charge in [-0.15, -0.1) is 0 Å². The number of ether oxygens (including phenoxy) is 2. The van der Waals surface area contributed by atoms with Crippen LogP contribution in [-0.4, -0.2) is 59.9 Å². The second kappa shape index (κ2) is 6.59. The smallest absolute Gasteiger partial charge is 0.397 e. The van der Waals surface area contributed by atoms with Gasteiger partial charge in [0.25, 0.3) is 6.29 Å². The molecule has 1 aliphatic rings. The third-order valence-corrected chi connectivity index (χ3v) is 2.94. The highest BCUT2D eigenvalue weighted by atomic mass is 32.3. The van der Waals surface area contributed by atoms with Gasteiger partial charge in [-0.25, -0.2) is 4.18 Å². The molecule has 4 atom stereocenters. The molecule has 10 heteroatoms. The summed E-state index contributed by atoms with van der Waals surface area (Å²) < 4.78 is 42.4. The number of amides is 1. The molecule has 4 unspecified atom stereocenters. The van der Waals surface area contributed by atoms with Crippen LogP contribution in [0.4, 0.5) is 0 Å². The second-order valence-electron chi connectivity index (χ2n) is 4.07. The van der Waals surface area contributed by atoms with E-state index in [1.165, 1.54) is 6.92 Å². The minimum absolute atomic E-state index is 0.0203. The van der Waals surface area contributed by atoms with Gasteiger partial charge in [-0.1, -0.05) is 7.11 Å². The lowest BCUT2D eigenvalue weighted by atomic mass is 10.0. The Kier molecular flexibility index (Phi) is 5.64. The molecular weight excluding hydrogens is 282 g/mol. The van der Waals surface area contributed by atoms with E-state index in [1.807, 2.05) is 0 Å². The number of aliphatic hydroxyl groups excluding tert-OH is 1. The quantitative estimate of drug-likeness (QED) is 0.307. The molecule has 1 fully saturated rings. The van der Waals surface area contributed by atoms with Crippen molar-refractivity contribution in [2.24, 2.45) is 0 Å². The monoisotopic (exact) mass is 299 g/mol. The van der Waals surface area contributed by atoms with Gasteiger partial charge in [0.15, 0.2) is 6.04 Å². The van der Waals surface area contributed by atoms with E-state index in [4.69, 9.17) is 9.29 Å². The molecule has 1 saturated heterocycles. The lowest BCUT2D eigenvalue weighted by Gasteiger charge is -2.37. The normalized spacial score (nSPS) is 32.0. The molecule has 0 aromatic heterocycles. The van der Waals surface area contributed by atoms with Crippen molar-refractivity contribution in [2.45, 2.75) is 37.9 Å². The van der Waals surface area contributed by atoms with Gasteiger partial charge in [-0.3, -0.25) is 9.35 Å². The summed E-state index contributed by atoms with van der Waals surface area (Å²) in [5.74, 6) is -0.367. The first-order valence-corrected chi connectivity index (χ1v) is 6.77. The molecule has 0 spiro atoms. The molecule has 1 aliphatic heterocycles. The highest BCUT2D eigenvalue weighted by molar-refractivity contribution is 7.80. The van der Waals surface area contributed by atoms with Gasteiger partial charge >= 0.3 is 10.4 Å². The fraction of sp³-hybridized carbons (Fsp3) is 0.778. The first-order valence-electron chi connectivity index (χ1n) is 5.41. The zero-order valence-electron chi connectivity index (χ0n) is 10.2. The summed E-state index contributed by atoms with van der Waals surface area (Å²) in [6.07, 6.45) is -2.70. The highest BCUT2D eigenvalue weighted by Gasteiger charge is 2.41. The number of carbonyl (C=O) groups excluding carboxylic acids is 1. The Morgan fingerprint density at radius 2 is 2.26 bits per heavy atom. The summed E-state index contributed by atoms with van der Waals surface area (Å²) in [4.78, 5) is 11.0. The van der Waals surface area contributed by atoms with E-state index in [1.54, 1.807) is 0 Å². The summed E-state index contributed by atoms with van der Waals surface area (Å²) >= 11 is 0. The number of hydrogen-bond donors (Lipinski definition) is 3. The summed E-state index contributed by atoms with van der Waals surface area (Å²) in [7, 11) is -1.30. The number of aliphatic hydroxyl groups is 3. The van der Waals surface area contributed by atoms with Crippen LogP contribution in [0.5, 0.6) is 0 Å². The zero-order chi connectivity index (χ0) is 14.6. The van der Waals surface area contributed by atoms with Gasteiger partial charge in [0.2, 0.25) is 5.91 Å². The average Bonchev–Trinajstić information content (AvgIpc) is 2.28. The van der Waals surface area contributed by atoms with Gasteiger partial charge in [0, 0.05) is 13.3 Å². The molecule has 19 heavy (non-hydrogen) atoms. The fourth-order valence-corrected chi connectivity index (χ4v) is 2.10. The van der Waals surface area contributed by atoms with Gasteiger partial charge < -0.3 is 19.9 Å². The Morgan fingerprint density at radius 1 is 1.63 bits per heavy atom. The molecule has 0 aromatic rings. The van der Waals surface area contributed by atoms with E-state index < -0.39 is 41.5 Å². The third kappa shape index (κ3) is 5.38. The maximum absolute atomic E-state index is 11.0. The first-order chi connectivity index (χ1) is 8.73. The Balaban J connectivity index is 2.62. The average molecular weight is 299 g/mol. The van der Waals surface area contributed by atoms with E-state index in [-0.39, 0.29) is 12.3 Å². The SMILES string of the molecule is [CH2-][OH+]C1OC(COS(=O)(=O)O)CC(O)C1NC(C)=O. The molecule has 1 amide bonds. The Hall–Kier alpha value is -0.780. The predicted molar refractivity (Wildman–Crippen MR) is 62.0 cm³/mol. The second-order valence-corrected chi connectivity index (χ2v) is 5.16. The van der Waals surface area contributed by atoms with Crippen molar-refractivity contribution >= 4 is 16.3 Å². The van der Waals surface area contributed by atoms with Crippen molar-refractivity contribution in [1.29, 1.82) is 0 Å².